The van der Waals surface area contributed by atoms with Crippen molar-refractivity contribution < 1.29 is 0 Å². The van der Waals surface area contributed by atoms with Crippen molar-refractivity contribution in [3.05, 3.63) is 34.9 Å². The van der Waals surface area contributed by atoms with E-state index in [9.17, 15) is 0 Å². The Kier molecular flexibility index (Phi) is 1.47. The molecular weight excluding hydrogens is 156 g/mol. The molecule has 0 spiro atoms. The first-order valence-corrected chi connectivity index (χ1v) is 4.35. The molecular formula is C10H11Cl. The molecule has 1 aromatic rings. The molecule has 2 rings (SSSR count). The van der Waals surface area contributed by atoms with Crippen molar-refractivity contribution in [3.8, 4) is 0 Å². The molecule has 0 aromatic heterocycles. The van der Waals surface area contributed by atoms with E-state index in [0.717, 1.165) is 5.02 Å². The van der Waals surface area contributed by atoms with Gasteiger partial charge in [0.2, 0.25) is 0 Å². The number of benzene rings is 1. The molecule has 0 nitrogen and oxygen atoms in total. The Morgan fingerprint density at radius 1 is 1.18 bits per heavy atom. The molecule has 58 valence electrons. The van der Waals surface area contributed by atoms with Crippen molar-refractivity contribution in [2.24, 2.45) is 0 Å². The molecule has 0 heterocycles. The van der Waals surface area contributed by atoms with Gasteiger partial charge in [0.05, 0.1) is 0 Å². The third-order valence-corrected chi connectivity index (χ3v) is 2.79. The molecule has 0 unspecified atom stereocenters. The first kappa shape index (κ1) is 7.17. The summed E-state index contributed by atoms with van der Waals surface area (Å²) in [4.78, 5) is 0. The van der Waals surface area contributed by atoms with Gasteiger partial charge < -0.3 is 0 Å². The van der Waals surface area contributed by atoms with Crippen LogP contribution < -0.4 is 0 Å². The van der Waals surface area contributed by atoms with Gasteiger partial charge in [-0.15, -0.1) is 0 Å². The van der Waals surface area contributed by atoms with Gasteiger partial charge in [0.15, 0.2) is 0 Å². The second kappa shape index (κ2) is 2.25. The molecule has 1 aromatic carbocycles. The standard InChI is InChI=1S/C10H11Cl/c1-10(6-7-10)8-2-4-9(11)5-3-8/h2-5H,6-7H2,1H3. The highest BCUT2D eigenvalue weighted by Gasteiger charge is 2.38. The number of hydrogen-bond donors (Lipinski definition) is 0. The smallest absolute Gasteiger partial charge is 0.0406 e. The van der Waals surface area contributed by atoms with Crippen LogP contribution in [0.3, 0.4) is 0 Å². The highest BCUT2D eigenvalue weighted by atomic mass is 35.5. The normalized spacial score (nSPS) is 19.8. The Morgan fingerprint density at radius 2 is 1.73 bits per heavy atom. The van der Waals surface area contributed by atoms with Crippen LogP contribution in [0.5, 0.6) is 0 Å². The van der Waals surface area contributed by atoms with Crippen LogP contribution in [-0.4, -0.2) is 0 Å². The monoisotopic (exact) mass is 166 g/mol. The fourth-order valence-electron chi connectivity index (χ4n) is 1.33. The first-order chi connectivity index (χ1) is 5.21. The van der Waals surface area contributed by atoms with Crippen LogP contribution in [0.4, 0.5) is 0 Å². The molecule has 1 fully saturated rings. The second-order valence-corrected chi connectivity index (χ2v) is 4.00. The Balaban J connectivity index is 2.33. The predicted molar refractivity (Wildman–Crippen MR) is 48.0 cm³/mol. The highest BCUT2D eigenvalue weighted by Crippen LogP contribution is 2.47. The molecule has 0 amide bonds. The highest BCUT2D eigenvalue weighted by molar-refractivity contribution is 6.30. The molecule has 11 heavy (non-hydrogen) atoms. The fraction of sp³-hybridized carbons (Fsp3) is 0.400. The van der Waals surface area contributed by atoms with E-state index in [0.29, 0.717) is 5.41 Å². The molecule has 0 N–H and O–H groups in total. The van der Waals surface area contributed by atoms with E-state index in [1.165, 1.54) is 18.4 Å². The molecule has 1 aliphatic rings. The van der Waals surface area contributed by atoms with Gasteiger partial charge in [-0.25, -0.2) is 0 Å². The van der Waals surface area contributed by atoms with E-state index >= 15 is 0 Å². The van der Waals surface area contributed by atoms with Gasteiger partial charge in [-0.05, 0) is 36.0 Å². The molecule has 1 heteroatoms. The molecule has 0 aliphatic heterocycles. The van der Waals surface area contributed by atoms with Crippen molar-refractivity contribution in [2.75, 3.05) is 0 Å². The zero-order chi connectivity index (χ0) is 7.90. The van der Waals surface area contributed by atoms with Crippen LogP contribution in [0.2, 0.25) is 5.02 Å². The van der Waals surface area contributed by atoms with Gasteiger partial charge in [0, 0.05) is 5.02 Å². The minimum absolute atomic E-state index is 0.477. The summed E-state index contributed by atoms with van der Waals surface area (Å²) in [5.41, 5.74) is 1.91. The van der Waals surface area contributed by atoms with Crippen molar-refractivity contribution in [1.29, 1.82) is 0 Å². The molecule has 0 saturated heterocycles. The molecule has 1 saturated carbocycles. The van der Waals surface area contributed by atoms with Crippen LogP contribution in [0.25, 0.3) is 0 Å². The lowest BCUT2D eigenvalue weighted by Gasteiger charge is -2.07. The molecule has 0 bridgehead atoms. The van der Waals surface area contributed by atoms with Crippen molar-refractivity contribution in [2.45, 2.75) is 25.2 Å². The van der Waals surface area contributed by atoms with Crippen molar-refractivity contribution in [1.82, 2.24) is 0 Å². The minimum Gasteiger partial charge on any atom is -0.0843 e. The summed E-state index contributed by atoms with van der Waals surface area (Å²) in [6.07, 6.45) is 2.66. The van der Waals surface area contributed by atoms with E-state index in [1.54, 1.807) is 0 Å². The summed E-state index contributed by atoms with van der Waals surface area (Å²) < 4.78 is 0. The lowest BCUT2D eigenvalue weighted by molar-refractivity contribution is 0.788. The summed E-state index contributed by atoms with van der Waals surface area (Å²) in [5.74, 6) is 0. The van der Waals surface area contributed by atoms with Crippen LogP contribution in [0.1, 0.15) is 25.3 Å². The van der Waals surface area contributed by atoms with E-state index < -0.39 is 0 Å². The van der Waals surface area contributed by atoms with E-state index in [1.807, 2.05) is 12.1 Å². The third-order valence-electron chi connectivity index (χ3n) is 2.54. The Morgan fingerprint density at radius 3 is 2.18 bits per heavy atom. The quantitative estimate of drug-likeness (QED) is 0.600. The summed E-state index contributed by atoms with van der Waals surface area (Å²) in [6, 6.07) is 8.21. The van der Waals surface area contributed by atoms with Crippen LogP contribution in [0.15, 0.2) is 24.3 Å². The first-order valence-electron chi connectivity index (χ1n) is 3.97. The van der Waals surface area contributed by atoms with Gasteiger partial charge in [0.1, 0.15) is 0 Å². The van der Waals surface area contributed by atoms with E-state index in [-0.39, 0.29) is 0 Å². The summed E-state index contributed by atoms with van der Waals surface area (Å²) >= 11 is 5.78. The molecule has 1 aliphatic carbocycles. The zero-order valence-electron chi connectivity index (χ0n) is 6.60. The van der Waals surface area contributed by atoms with Gasteiger partial charge in [-0.2, -0.15) is 0 Å². The molecule has 0 radical (unpaired) electrons. The molecule has 0 atom stereocenters. The third kappa shape index (κ3) is 1.28. The maximum atomic E-state index is 5.78. The van der Waals surface area contributed by atoms with Gasteiger partial charge in [0.25, 0.3) is 0 Å². The average Bonchev–Trinajstić information content (AvgIpc) is 2.70. The topological polar surface area (TPSA) is 0 Å². The van der Waals surface area contributed by atoms with E-state index in [4.69, 9.17) is 11.6 Å². The maximum Gasteiger partial charge on any atom is 0.0406 e. The SMILES string of the molecule is CC1(c2ccc(Cl)cc2)CC1. The van der Waals surface area contributed by atoms with Gasteiger partial charge >= 0.3 is 0 Å². The fourth-order valence-corrected chi connectivity index (χ4v) is 1.45. The average molecular weight is 167 g/mol. The van der Waals surface area contributed by atoms with Crippen molar-refractivity contribution >= 4 is 11.6 Å². The summed E-state index contributed by atoms with van der Waals surface area (Å²) in [6.45, 7) is 2.30. The van der Waals surface area contributed by atoms with Crippen LogP contribution in [0, 0.1) is 0 Å². The Bertz CT molecular complexity index is 257. The van der Waals surface area contributed by atoms with Gasteiger partial charge in [-0.1, -0.05) is 30.7 Å². The predicted octanol–water partition coefficient (Wildman–Crippen LogP) is 3.39. The van der Waals surface area contributed by atoms with Crippen molar-refractivity contribution in [3.63, 3.8) is 0 Å². The summed E-state index contributed by atoms with van der Waals surface area (Å²) in [5, 5.41) is 0.831. The van der Waals surface area contributed by atoms with Crippen LogP contribution in [-0.2, 0) is 5.41 Å². The zero-order valence-corrected chi connectivity index (χ0v) is 7.36. The maximum absolute atomic E-state index is 5.78. The van der Waals surface area contributed by atoms with E-state index in [2.05, 4.69) is 19.1 Å². The lowest BCUT2D eigenvalue weighted by Crippen LogP contribution is -1.97. The Labute approximate surface area is 72.2 Å². The van der Waals surface area contributed by atoms with Crippen LogP contribution >= 0.6 is 11.6 Å². The van der Waals surface area contributed by atoms with Gasteiger partial charge in [-0.3, -0.25) is 0 Å². The largest absolute Gasteiger partial charge is 0.0843 e. The Hall–Kier alpha value is -0.490. The lowest BCUT2D eigenvalue weighted by atomic mass is 9.99. The second-order valence-electron chi connectivity index (χ2n) is 3.57. The summed E-state index contributed by atoms with van der Waals surface area (Å²) in [7, 11) is 0. The minimum atomic E-state index is 0.477. The number of hydrogen-bond acceptors (Lipinski definition) is 0. The number of halogens is 1. The number of rotatable bonds is 1.